The van der Waals surface area contributed by atoms with Crippen molar-refractivity contribution in [3.63, 3.8) is 0 Å². The average molecular weight is 423 g/mol. The van der Waals surface area contributed by atoms with Crippen molar-refractivity contribution in [2.24, 2.45) is 0 Å². The number of halogens is 1. The zero-order valence-electron chi connectivity index (χ0n) is 17.0. The Balaban J connectivity index is 1.50. The Labute approximate surface area is 179 Å². The van der Waals surface area contributed by atoms with E-state index in [1.807, 2.05) is 37.3 Å². The number of para-hydroxylation sites is 1. The Hall–Kier alpha value is -3.94. The van der Waals surface area contributed by atoms with Crippen molar-refractivity contribution in [2.45, 2.75) is 26.1 Å². The van der Waals surface area contributed by atoms with E-state index in [4.69, 9.17) is 9.47 Å². The average Bonchev–Trinajstić information content (AvgIpc) is 2.79. The highest BCUT2D eigenvalue weighted by Crippen LogP contribution is 2.20. The molecule has 0 radical (unpaired) electrons. The Morgan fingerprint density at radius 2 is 1.61 bits per heavy atom. The van der Waals surface area contributed by atoms with E-state index in [-0.39, 0.29) is 17.4 Å². The normalized spacial score (nSPS) is 12.4. The number of hydrogen-bond acceptors (Lipinski definition) is 5. The molecule has 0 fully saturated rings. The molecule has 0 unspecified atom stereocenters. The van der Waals surface area contributed by atoms with Crippen LogP contribution in [0.3, 0.4) is 0 Å². The number of carbonyl (C=O) groups excluding carboxylic acids is 2. The van der Waals surface area contributed by atoms with Gasteiger partial charge in [-0.15, -0.1) is 0 Å². The summed E-state index contributed by atoms with van der Waals surface area (Å²) in [5, 5.41) is 0. The SMILES string of the molecule is C[C@H](Oc1ccc(C(=O)NNC(=O)[C@@H](C)Oc2ccccc2F)cn1)c1ccccc1. The van der Waals surface area contributed by atoms with Gasteiger partial charge in [-0.25, -0.2) is 9.37 Å². The van der Waals surface area contributed by atoms with E-state index in [1.165, 1.54) is 37.4 Å². The van der Waals surface area contributed by atoms with Gasteiger partial charge in [-0.05, 0) is 37.6 Å². The summed E-state index contributed by atoms with van der Waals surface area (Å²) in [5.41, 5.74) is 5.74. The molecule has 2 N–H and O–H groups in total. The molecule has 160 valence electrons. The number of aromatic nitrogens is 1. The number of pyridine rings is 1. The Morgan fingerprint density at radius 1 is 0.903 bits per heavy atom. The van der Waals surface area contributed by atoms with Crippen LogP contribution < -0.4 is 20.3 Å². The lowest BCUT2D eigenvalue weighted by atomic mass is 10.1. The number of carbonyl (C=O) groups is 2. The van der Waals surface area contributed by atoms with Crippen LogP contribution in [0.25, 0.3) is 0 Å². The van der Waals surface area contributed by atoms with Crippen LogP contribution in [-0.2, 0) is 4.79 Å². The number of ether oxygens (including phenoxy) is 2. The Bertz CT molecular complexity index is 1030. The van der Waals surface area contributed by atoms with Crippen molar-refractivity contribution >= 4 is 11.8 Å². The van der Waals surface area contributed by atoms with E-state index in [9.17, 15) is 14.0 Å². The van der Waals surface area contributed by atoms with Crippen molar-refractivity contribution in [3.8, 4) is 11.6 Å². The molecule has 3 rings (SSSR count). The zero-order chi connectivity index (χ0) is 22.2. The van der Waals surface area contributed by atoms with Gasteiger partial charge in [0.05, 0.1) is 5.56 Å². The van der Waals surface area contributed by atoms with Gasteiger partial charge in [0, 0.05) is 12.3 Å². The fraction of sp³-hybridized carbons (Fsp3) is 0.174. The third-order valence-corrected chi connectivity index (χ3v) is 4.37. The van der Waals surface area contributed by atoms with Crippen molar-refractivity contribution in [1.82, 2.24) is 15.8 Å². The molecule has 2 amide bonds. The maximum Gasteiger partial charge on any atom is 0.279 e. The van der Waals surface area contributed by atoms with Crippen LogP contribution >= 0.6 is 0 Å². The second-order valence-electron chi connectivity index (χ2n) is 6.69. The van der Waals surface area contributed by atoms with Gasteiger partial charge in [0.25, 0.3) is 11.8 Å². The smallest absolute Gasteiger partial charge is 0.279 e. The van der Waals surface area contributed by atoms with Crippen molar-refractivity contribution < 1.29 is 23.5 Å². The highest BCUT2D eigenvalue weighted by molar-refractivity contribution is 5.95. The Morgan fingerprint density at radius 3 is 2.29 bits per heavy atom. The summed E-state index contributed by atoms with van der Waals surface area (Å²) >= 11 is 0. The van der Waals surface area contributed by atoms with Crippen LogP contribution in [0.2, 0.25) is 0 Å². The molecule has 0 bridgehead atoms. The van der Waals surface area contributed by atoms with Crippen LogP contribution in [0.15, 0.2) is 72.9 Å². The summed E-state index contributed by atoms with van der Waals surface area (Å²) in [5.74, 6) is -1.48. The molecule has 0 aliphatic heterocycles. The second kappa shape index (κ2) is 10.2. The number of hydrazine groups is 1. The number of benzene rings is 2. The minimum absolute atomic E-state index is 0.0546. The van der Waals surface area contributed by atoms with E-state index < -0.39 is 23.7 Å². The van der Waals surface area contributed by atoms with Gasteiger partial charge in [-0.3, -0.25) is 20.4 Å². The van der Waals surface area contributed by atoms with Gasteiger partial charge < -0.3 is 9.47 Å². The van der Waals surface area contributed by atoms with Crippen LogP contribution in [0.1, 0.15) is 35.9 Å². The molecule has 0 spiro atoms. The standard InChI is InChI=1S/C23H22FN3O4/c1-15(17-8-4-3-5-9-17)31-21-13-12-18(14-25-21)23(29)27-26-22(28)16(2)30-20-11-7-6-10-19(20)24/h3-16H,1-2H3,(H,26,28)(H,27,29)/t15-,16+/m0/s1. The topological polar surface area (TPSA) is 89.6 Å². The van der Waals surface area contributed by atoms with Crippen LogP contribution in [0, 0.1) is 5.82 Å². The molecule has 2 atom stereocenters. The third kappa shape index (κ3) is 6.02. The monoisotopic (exact) mass is 423 g/mol. The first kappa shape index (κ1) is 21.8. The molecule has 1 heterocycles. The molecule has 0 saturated carbocycles. The summed E-state index contributed by atoms with van der Waals surface area (Å²) in [6.45, 7) is 3.34. The zero-order valence-corrected chi connectivity index (χ0v) is 17.0. The number of nitrogens with one attached hydrogen (secondary N) is 2. The largest absolute Gasteiger partial charge is 0.478 e. The van der Waals surface area contributed by atoms with Gasteiger partial charge in [0.2, 0.25) is 5.88 Å². The minimum atomic E-state index is -1.02. The lowest BCUT2D eigenvalue weighted by molar-refractivity contribution is -0.128. The molecule has 1 aromatic heterocycles. The van der Waals surface area contributed by atoms with Crippen molar-refractivity contribution in [3.05, 3.63) is 89.9 Å². The lowest BCUT2D eigenvalue weighted by Crippen LogP contribution is -2.47. The van der Waals surface area contributed by atoms with Crippen molar-refractivity contribution in [1.29, 1.82) is 0 Å². The lowest BCUT2D eigenvalue weighted by Gasteiger charge is -2.16. The van der Waals surface area contributed by atoms with E-state index in [0.717, 1.165) is 5.56 Å². The van der Waals surface area contributed by atoms with Gasteiger partial charge >= 0.3 is 0 Å². The van der Waals surface area contributed by atoms with Crippen molar-refractivity contribution in [2.75, 3.05) is 0 Å². The molecule has 0 saturated heterocycles. The number of hydrogen-bond donors (Lipinski definition) is 2. The van der Waals surface area contributed by atoms with E-state index in [2.05, 4.69) is 15.8 Å². The molecular weight excluding hydrogens is 401 g/mol. The summed E-state index contributed by atoms with van der Waals surface area (Å²) in [6, 6.07) is 18.5. The highest BCUT2D eigenvalue weighted by atomic mass is 19.1. The molecule has 31 heavy (non-hydrogen) atoms. The van der Waals surface area contributed by atoms with Gasteiger partial charge in [-0.2, -0.15) is 0 Å². The van der Waals surface area contributed by atoms with E-state index >= 15 is 0 Å². The maximum atomic E-state index is 13.6. The second-order valence-corrected chi connectivity index (χ2v) is 6.69. The first-order chi connectivity index (χ1) is 14.9. The van der Waals surface area contributed by atoms with Gasteiger partial charge in [0.15, 0.2) is 17.7 Å². The Kier molecular flexibility index (Phi) is 7.16. The minimum Gasteiger partial charge on any atom is -0.478 e. The number of nitrogens with zero attached hydrogens (tertiary/aromatic N) is 1. The first-order valence-corrected chi connectivity index (χ1v) is 9.63. The summed E-state index contributed by atoms with van der Waals surface area (Å²) < 4.78 is 24.7. The van der Waals surface area contributed by atoms with Crippen LogP contribution in [0.4, 0.5) is 4.39 Å². The summed E-state index contributed by atoms with van der Waals surface area (Å²) in [7, 11) is 0. The highest BCUT2D eigenvalue weighted by Gasteiger charge is 2.17. The molecule has 7 nitrogen and oxygen atoms in total. The number of amides is 2. The first-order valence-electron chi connectivity index (χ1n) is 9.63. The predicted octanol–water partition coefficient (Wildman–Crippen LogP) is 3.59. The summed E-state index contributed by atoms with van der Waals surface area (Å²) in [4.78, 5) is 28.5. The number of rotatable bonds is 7. The molecule has 3 aromatic rings. The van der Waals surface area contributed by atoms with Crippen LogP contribution in [0.5, 0.6) is 11.6 Å². The molecule has 8 heteroatoms. The fourth-order valence-electron chi connectivity index (χ4n) is 2.63. The van der Waals surface area contributed by atoms with Gasteiger partial charge in [-0.1, -0.05) is 42.5 Å². The predicted molar refractivity (Wildman–Crippen MR) is 112 cm³/mol. The quantitative estimate of drug-likeness (QED) is 0.567. The summed E-state index contributed by atoms with van der Waals surface area (Å²) in [6.07, 6.45) is 0.113. The van der Waals surface area contributed by atoms with E-state index in [0.29, 0.717) is 5.88 Å². The third-order valence-electron chi connectivity index (χ3n) is 4.37. The van der Waals surface area contributed by atoms with Gasteiger partial charge in [0.1, 0.15) is 6.10 Å². The molecular formula is C23H22FN3O4. The maximum absolute atomic E-state index is 13.6. The fourth-order valence-corrected chi connectivity index (χ4v) is 2.63. The molecule has 0 aliphatic carbocycles. The molecule has 2 aromatic carbocycles. The molecule has 0 aliphatic rings. The van der Waals surface area contributed by atoms with E-state index in [1.54, 1.807) is 12.1 Å². The van der Waals surface area contributed by atoms with Crippen LogP contribution in [-0.4, -0.2) is 22.9 Å².